The molecule has 0 saturated heterocycles. The molecule has 0 bridgehead atoms. The van der Waals surface area contributed by atoms with Crippen molar-refractivity contribution in [1.82, 2.24) is 19.9 Å². The summed E-state index contributed by atoms with van der Waals surface area (Å²) < 4.78 is 1.34. The fourth-order valence-corrected chi connectivity index (χ4v) is 2.86. The smallest absolute Gasteiger partial charge is 0.275 e. The highest BCUT2D eigenvalue weighted by Crippen LogP contribution is 2.17. The molecule has 3 heterocycles. The summed E-state index contributed by atoms with van der Waals surface area (Å²) >= 11 is 1.40. The molecule has 0 radical (unpaired) electrons. The molecule has 100 valence electrons. The summed E-state index contributed by atoms with van der Waals surface area (Å²) in [6, 6.07) is 1.49. The SMILES string of the molecule is Cc1cc(=O)n2nc(NCC3=CCNCC3)sc2n1. The normalized spacial score (nSPS) is 15.5. The molecule has 0 aliphatic carbocycles. The van der Waals surface area contributed by atoms with Crippen molar-refractivity contribution in [1.29, 1.82) is 0 Å². The largest absolute Gasteiger partial charge is 0.356 e. The molecular weight excluding hydrogens is 262 g/mol. The lowest BCUT2D eigenvalue weighted by Crippen LogP contribution is -2.23. The maximum absolute atomic E-state index is 11.7. The van der Waals surface area contributed by atoms with Crippen molar-refractivity contribution in [2.75, 3.05) is 25.0 Å². The number of rotatable bonds is 3. The molecule has 1 aliphatic heterocycles. The molecule has 1 aliphatic rings. The summed E-state index contributed by atoms with van der Waals surface area (Å²) in [6.07, 6.45) is 3.24. The molecule has 0 fully saturated rings. The van der Waals surface area contributed by atoms with Crippen LogP contribution >= 0.6 is 11.3 Å². The summed E-state index contributed by atoms with van der Waals surface area (Å²) in [5.41, 5.74) is 1.96. The topological polar surface area (TPSA) is 71.3 Å². The van der Waals surface area contributed by atoms with Crippen molar-refractivity contribution in [2.24, 2.45) is 0 Å². The van der Waals surface area contributed by atoms with Gasteiger partial charge in [0, 0.05) is 24.8 Å². The van der Waals surface area contributed by atoms with E-state index in [0.717, 1.165) is 36.9 Å². The Balaban J connectivity index is 1.80. The number of aryl methyl sites for hydroxylation is 1. The molecule has 0 spiro atoms. The van der Waals surface area contributed by atoms with Crippen molar-refractivity contribution in [3.05, 3.63) is 33.8 Å². The molecule has 2 aromatic rings. The van der Waals surface area contributed by atoms with Crippen molar-refractivity contribution in [2.45, 2.75) is 13.3 Å². The number of nitrogens with one attached hydrogen (secondary N) is 2. The summed E-state index contributed by atoms with van der Waals surface area (Å²) in [5.74, 6) is 0. The fraction of sp³-hybridized carbons (Fsp3) is 0.417. The Hall–Kier alpha value is -1.73. The molecule has 2 aromatic heterocycles. The minimum Gasteiger partial charge on any atom is -0.356 e. The summed E-state index contributed by atoms with van der Waals surface area (Å²) in [5, 5.41) is 11.5. The quantitative estimate of drug-likeness (QED) is 0.812. The number of hydrogen-bond donors (Lipinski definition) is 2. The lowest BCUT2D eigenvalue weighted by atomic mass is 10.1. The molecule has 0 atom stereocenters. The molecule has 0 saturated carbocycles. The van der Waals surface area contributed by atoms with E-state index in [9.17, 15) is 4.79 Å². The van der Waals surface area contributed by atoms with E-state index in [4.69, 9.17) is 0 Å². The van der Waals surface area contributed by atoms with E-state index in [-0.39, 0.29) is 5.56 Å². The van der Waals surface area contributed by atoms with E-state index in [1.165, 1.54) is 27.5 Å². The third kappa shape index (κ3) is 2.66. The predicted molar refractivity (Wildman–Crippen MR) is 75.9 cm³/mol. The van der Waals surface area contributed by atoms with E-state index in [1.54, 1.807) is 0 Å². The van der Waals surface area contributed by atoms with Crippen LogP contribution in [-0.2, 0) is 0 Å². The number of hydrogen-bond acceptors (Lipinski definition) is 6. The number of aromatic nitrogens is 3. The molecule has 3 rings (SSSR count). The third-order valence-electron chi connectivity index (χ3n) is 3.00. The van der Waals surface area contributed by atoms with E-state index in [0.29, 0.717) is 4.96 Å². The van der Waals surface area contributed by atoms with E-state index in [2.05, 4.69) is 26.8 Å². The maximum atomic E-state index is 11.7. The van der Waals surface area contributed by atoms with Crippen LogP contribution < -0.4 is 16.2 Å². The van der Waals surface area contributed by atoms with Crippen LogP contribution in [-0.4, -0.2) is 34.2 Å². The van der Waals surface area contributed by atoms with Gasteiger partial charge in [0.05, 0.1) is 0 Å². The Morgan fingerprint density at radius 3 is 3.26 bits per heavy atom. The number of nitrogens with zero attached hydrogens (tertiary/aromatic N) is 3. The summed E-state index contributed by atoms with van der Waals surface area (Å²) in [7, 11) is 0. The Bertz CT molecular complexity index is 687. The van der Waals surface area contributed by atoms with E-state index in [1.807, 2.05) is 6.92 Å². The van der Waals surface area contributed by atoms with Crippen molar-refractivity contribution < 1.29 is 0 Å². The van der Waals surface area contributed by atoms with Crippen LogP contribution in [0.25, 0.3) is 4.96 Å². The Morgan fingerprint density at radius 1 is 1.58 bits per heavy atom. The van der Waals surface area contributed by atoms with Gasteiger partial charge in [0.25, 0.3) is 5.56 Å². The van der Waals surface area contributed by atoms with Gasteiger partial charge in [0.15, 0.2) is 0 Å². The second-order valence-electron chi connectivity index (χ2n) is 4.51. The summed E-state index contributed by atoms with van der Waals surface area (Å²) in [6.45, 7) is 4.54. The Kier molecular flexibility index (Phi) is 3.31. The lowest BCUT2D eigenvalue weighted by molar-refractivity contribution is 0.697. The van der Waals surface area contributed by atoms with Crippen molar-refractivity contribution in [3.63, 3.8) is 0 Å². The first-order chi connectivity index (χ1) is 9.22. The zero-order valence-electron chi connectivity index (χ0n) is 10.6. The molecular formula is C12H15N5OS. The van der Waals surface area contributed by atoms with Gasteiger partial charge in [0.1, 0.15) is 0 Å². The molecule has 0 amide bonds. The van der Waals surface area contributed by atoms with Crippen LogP contribution in [0.15, 0.2) is 22.5 Å². The first kappa shape index (κ1) is 12.3. The molecule has 19 heavy (non-hydrogen) atoms. The van der Waals surface area contributed by atoms with Gasteiger partial charge in [-0.1, -0.05) is 23.0 Å². The van der Waals surface area contributed by atoms with Gasteiger partial charge in [0.2, 0.25) is 10.1 Å². The first-order valence-electron chi connectivity index (χ1n) is 6.22. The number of fused-ring (bicyclic) bond motifs is 1. The Labute approximate surface area is 114 Å². The van der Waals surface area contributed by atoms with E-state index < -0.39 is 0 Å². The van der Waals surface area contributed by atoms with Gasteiger partial charge in [-0.05, 0) is 19.9 Å². The zero-order valence-corrected chi connectivity index (χ0v) is 11.5. The highest BCUT2D eigenvalue weighted by Gasteiger charge is 2.08. The van der Waals surface area contributed by atoms with Crippen molar-refractivity contribution >= 4 is 21.4 Å². The molecule has 7 heteroatoms. The number of anilines is 1. The van der Waals surface area contributed by atoms with Gasteiger partial charge >= 0.3 is 0 Å². The molecule has 0 unspecified atom stereocenters. The highest BCUT2D eigenvalue weighted by atomic mass is 32.1. The van der Waals surface area contributed by atoms with Crippen LogP contribution in [0.4, 0.5) is 5.13 Å². The molecule has 2 N–H and O–H groups in total. The zero-order chi connectivity index (χ0) is 13.2. The van der Waals surface area contributed by atoms with Gasteiger partial charge in [-0.25, -0.2) is 4.98 Å². The third-order valence-corrected chi connectivity index (χ3v) is 3.86. The van der Waals surface area contributed by atoms with Gasteiger partial charge in [-0.2, -0.15) is 4.52 Å². The highest BCUT2D eigenvalue weighted by molar-refractivity contribution is 7.20. The first-order valence-corrected chi connectivity index (χ1v) is 7.04. The average molecular weight is 277 g/mol. The van der Waals surface area contributed by atoms with Crippen LogP contribution in [0, 0.1) is 6.92 Å². The monoisotopic (exact) mass is 277 g/mol. The van der Waals surface area contributed by atoms with Crippen LogP contribution in [0.3, 0.4) is 0 Å². The van der Waals surface area contributed by atoms with Crippen LogP contribution in [0.2, 0.25) is 0 Å². The van der Waals surface area contributed by atoms with Crippen LogP contribution in [0.5, 0.6) is 0 Å². The fourth-order valence-electron chi connectivity index (χ4n) is 2.01. The molecule has 6 nitrogen and oxygen atoms in total. The van der Waals surface area contributed by atoms with Gasteiger partial charge < -0.3 is 10.6 Å². The summed E-state index contributed by atoms with van der Waals surface area (Å²) in [4.78, 5) is 16.7. The van der Waals surface area contributed by atoms with E-state index >= 15 is 0 Å². The van der Waals surface area contributed by atoms with Gasteiger partial charge in [-0.15, -0.1) is 5.10 Å². The van der Waals surface area contributed by atoms with Crippen molar-refractivity contribution in [3.8, 4) is 0 Å². The minimum absolute atomic E-state index is 0.132. The van der Waals surface area contributed by atoms with Gasteiger partial charge in [-0.3, -0.25) is 4.79 Å². The molecule has 0 aromatic carbocycles. The average Bonchev–Trinajstić information content (AvgIpc) is 2.81. The lowest BCUT2D eigenvalue weighted by Gasteiger charge is -2.13. The standard InChI is InChI=1S/C12H15N5OS/c1-8-6-10(18)17-12(15-8)19-11(16-17)14-7-9-2-4-13-5-3-9/h2,6,13H,3-5,7H2,1H3,(H,14,16). The minimum atomic E-state index is -0.132. The second kappa shape index (κ2) is 5.10. The van der Waals surface area contributed by atoms with Crippen LogP contribution in [0.1, 0.15) is 12.1 Å². The second-order valence-corrected chi connectivity index (χ2v) is 5.46. The Morgan fingerprint density at radius 2 is 2.47 bits per heavy atom. The maximum Gasteiger partial charge on any atom is 0.275 e. The predicted octanol–water partition coefficient (Wildman–Crippen LogP) is 0.791.